The smallest absolute Gasteiger partial charge is 0.129 e. The van der Waals surface area contributed by atoms with E-state index >= 15 is 0 Å². The molecule has 0 fully saturated rings. The fourth-order valence-corrected chi connectivity index (χ4v) is 2.15. The molecular weight excluding hydrogens is 250 g/mol. The molecule has 0 saturated heterocycles. The Kier molecular flexibility index (Phi) is 4.07. The van der Waals surface area contributed by atoms with Crippen LogP contribution in [0.4, 0.5) is 0 Å². The number of benzene rings is 1. The Morgan fingerprint density at radius 2 is 2.11 bits per heavy atom. The second kappa shape index (κ2) is 5.57. The fourth-order valence-electron chi connectivity index (χ4n) is 1.92. The van der Waals surface area contributed by atoms with Crippen LogP contribution in [-0.2, 0) is 11.3 Å². The number of ether oxygens (including phenoxy) is 1. The lowest BCUT2D eigenvalue weighted by Gasteiger charge is -2.12. The molecule has 0 radical (unpaired) electrons. The summed E-state index contributed by atoms with van der Waals surface area (Å²) in [5.74, 6) is 1.50. The van der Waals surface area contributed by atoms with Crippen LogP contribution in [0.5, 0.6) is 0 Å². The number of halogens is 1. The van der Waals surface area contributed by atoms with Crippen molar-refractivity contribution in [1.82, 2.24) is 0 Å². The van der Waals surface area contributed by atoms with Gasteiger partial charge in [-0.15, -0.1) is 0 Å². The van der Waals surface area contributed by atoms with Crippen molar-refractivity contribution < 1.29 is 9.15 Å². The molecular formula is C14H16ClNO2. The zero-order valence-corrected chi connectivity index (χ0v) is 11.2. The minimum absolute atomic E-state index is 0.284. The molecule has 1 aromatic heterocycles. The summed E-state index contributed by atoms with van der Waals surface area (Å²) >= 11 is 5.93. The van der Waals surface area contributed by atoms with E-state index in [2.05, 4.69) is 0 Å². The van der Waals surface area contributed by atoms with Crippen LogP contribution in [0.1, 0.15) is 28.7 Å². The first kappa shape index (κ1) is 13.1. The Balaban J connectivity index is 2.26. The lowest BCUT2D eigenvalue weighted by molar-refractivity contribution is 0.162. The van der Waals surface area contributed by atoms with Crippen LogP contribution in [-0.4, -0.2) is 7.11 Å². The van der Waals surface area contributed by atoms with Crippen LogP contribution in [0.2, 0.25) is 5.02 Å². The third-order valence-electron chi connectivity index (χ3n) is 2.84. The van der Waals surface area contributed by atoms with Crippen molar-refractivity contribution in [2.75, 3.05) is 7.11 Å². The van der Waals surface area contributed by atoms with Crippen molar-refractivity contribution in [2.45, 2.75) is 19.6 Å². The Morgan fingerprint density at radius 1 is 1.33 bits per heavy atom. The van der Waals surface area contributed by atoms with E-state index in [1.807, 2.05) is 37.3 Å². The molecule has 0 bridgehead atoms. The Hall–Kier alpha value is -1.29. The van der Waals surface area contributed by atoms with Gasteiger partial charge < -0.3 is 14.9 Å². The molecule has 0 spiro atoms. The highest BCUT2D eigenvalue weighted by atomic mass is 35.5. The molecule has 1 aromatic carbocycles. The molecule has 0 aliphatic carbocycles. The first-order valence-corrected chi connectivity index (χ1v) is 6.09. The summed E-state index contributed by atoms with van der Waals surface area (Å²) < 4.78 is 10.7. The molecule has 4 heteroatoms. The minimum Gasteiger partial charge on any atom is -0.462 e. The van der Waals surface area contributed by atoms with Crippen molar-refractivity contribution in [1.29, 1.82) is 0 Å². The average molecular weight is 266 g/mol. The van der Waals surface area contributed by atoms with Gasteiger partial charge in [0.25, 0.3) is 0 Å². The van der Waals surface area contributed by atoms with Gasteiger partial charge in [-0.1, -0.05) is 17.7 Å². The van der Waals surface area contributed by atoms with Crippen LogP contribution in [0.3, 0.4) is 0 Å². The van der Waals surface area contributed by atoms with Gasteiger partial charge in [-0.3, -0.25) is 0 Å². The van der Waals surface area contributed by atoms with Gasteiger partial charge in [-0.2, -0.15) is 0 Å². The topological polar surface area (TPSA) is 48.4 Å². The number of aryl methyl sites for hydroxylation is 1. The van der Waals surface area contributed by atoms with E-state index in [4.69, 9.17) is 26.5 Å². The zero-order chi connectivity index (χ0) is 13.1. The molecule has 1 unspecified atom stereocenters. The number of furan rings is 1. The maximum Gasteiger partial charge on any atom is 0.129 e. The summed E-state index contributed by atoms with van der Waals surface area (Å²) in [7, 11) is 1.63. The van der Waals surface area contributed by atoms with Gasteiger partial charge in [0.2, 0.25) is 0 Å². The molecule has 96 valence electrons. The summed E-state index contributed by atoms with van der Waals surface area (Å²) in [6.07, 6.45) is 0. The maximum atomic E-state index is 6.20. The standard InChI is InChI=1S/C14H16ClNO2/c1-9-7-10(15)3-5-12(9)14(16)13-6-4-11(18-13)8-17-2/h3-7,14H,8,16H2,1-2H3. The molecule has 2 aromatic rings. The first-order chi connectivity index (χ1) is 8.61. The van der Waals surface area contributed by atoms with E-state index in [1.165, 1.54) is 0 Å². The lowest BCUT2D eigenvalue weighted by atomic mass is 10.0. The van der Waals surface area contributed by atoms with E-state index in [0.717, 1.165) is 22.6 Å². The normalized spacial score (nSPS) is 12.7. The van der Waals surface area contributed by atoms with Gasteiger partial charge in [0.05, 0.1) is 6.04 Å². The van der Waals surface area contributed by atoms with E-state index in [1.54, 1.807) is 7.11 Å². The molecule has 2 rings (SSSR count). The van der Waals surface area contributed by atoms with E-state index in [-0.39, 0.29) is 6.04 Å². The van der Waals surface area contributed by atoms with Gasteiger partial charge in [0, 0.05) is 12.1 Å². The van der Waals surface area contributed by atoms with E-state index in [0.29, 0.717) is 11.6 Å². The van der Waals surface area contributed by atoms with Crippen molar-refractivity contribution in [3.63, 3.8) is 0 Å². The number of nitrogens with two attached hydrogens (primary N) is 1. The second-order valence-electron chi connectivity index (χ2n) is 4.22. The third-order valence-corrected chi connectivity index (χ3v) is 3.08. The van der Waals surface area contributed by atoms with Gasteiger partial charge in [-0.25, -0.2) is 0 Å². The van der Waals surface area contributed by atoms with Crippen LogP contribution >= 0.6 is 11.6 Å². The summed E-state index contributed by atoms with van der Waals surface area (Å²) in [5, 5.41) is 0.711. The molecule has 0 aliphatic rings. The van der Waals surface area contributed by atoms with Crippen molar-refractivity contribution in [3.8, 4) is 0 Å². The highest BCUT2D eigenvalue weighted by Crippen LogP contribution is 2.26. The molecule has 1 atom stereocenters. The predicted molar refractivity (Wildman–Crippen MR) is 71.6 cm³/mol. The van der Waals surface area contributed by atoms with Gasteiger partial charge in [-0.05, 0) is 42.3 Å². The molecule has 3 nitrogen and oxygen atoms in total. The Bertz CT molecular complexity index is 536. The molecule has 0 aliphatic heterocycles. The zero-order valence-electron chi connectivity index (χ0n) is 10.4. The number of hydrogen-bond acceptors (Lipinski definition) is 3. The van der Waals surface area contributed by atoms with Crippen molar-refractivity contribution in [3.05, 3.63) is 58.0 Å². The van der Waals surface area contributed by atoms with Gasteiger partial charge in [0.1, 0.15) is 18.1 Å². The number of methoxy groups -OCH3 is 1. The monoisotopic (exact) mass is 265 g/mol. The van der Waals surface area contributed by atoms with Gasteiger partial charge in [0.15, 0.2) is 0 Å². The SMILES string of the molecule is COCc1ccc(C(N)c2ccc(Cl)cc2C)o1. The van der Waals surface area contributed by atoms with E-state index in [9.17, 15) is 0 Å². The average Bonchev–Trinajstić information content (AvgIpc) is 2.77. The van der Waals surface area contributed by atoms with Crippen LogP contribution in [0, 0.1) is 6.92 Å². The quantitative estimate of drug-likeness (QED) is 0.921. The Morgan fingerprint density at radius 3 is 2.78 bits per heavy atom. The highest BCUT2D eigenvalue weighted by molar-refractivity contribution is 6.30. The van der Waals surface area contributed by atoms with Crippen molar-refractivity contribution >= 4 is 11.6 Å². The largest absolute Gasteiger partial charge is 0.462 e. The third kappa shape index (κ3) is 2.75. The Labute approximate surface area is 111 Å². The van der Waals surface area contributed by atoms with Crippen molar-refractivity contribution in [2.24, 2.45) is 5.73 Å². The summed E-state index contributed by atoms with van der Waals surface area (Å²) in [6, 6.07) is 9.14. The molecule has 1 heterocycles. The molecule has 0 saturated carbocycles. The summed E-state index contributed by atoms with van der Waals surface area (Å²) in [5.41, 5.74) is 8.27. The number of hydrogen-bond donors (Lipinski definition) is 1. The molecule has 2 N–H and O–H groups in total. The first-order valence-electron chi connectivity index (χ1n) is 5.71. The highest BCUT2D eigenvalue weighted by Gasteiger charge is 2.15. The lowest BCUT2D eigenvalue weighted by Crippen LogP contribution is -2.12. The van der Waals surface area contributed by atoms with Gasteiger partial charge >= 0.3 is 0 Å². The summed E-state index contributed by atoms with van der Waals surface area (Å²) in [6.45, 7) is 2.44. The van der Waals surface area contributed by atoms with Crippen LogP contribution in [0.25, 0.3) is 0 Å². The minimum atomic E-state index is -0.284. The molecule has 18 heavy (non-hydrogen) atoms. The van der Waals surface area contributed by atoms with Crippen LogP contribution in [0.15, 0.2) is 34.7 Å². The fraction of sp³-hybridized carbons (Fsp3) is 0.286. The predicted octanol–water partition coefficient (Wildman–Crippen LogP) is 3.44. The second-order valence-corrected chi connectivity index (χ2v) is 4.65. The maximum absolute atomic E-state index is 6.20. The van der Waals surface area contributed by atoms with Crippen LogP contribution < -0.4 is 5.73 Å². The molecule has 0 amide bonds. The summed E-state index contributed by atoms with van der Waals surface area (Å²) in [4.78, 5) is 0. The number of rotatable bonds is 4. The van der Waals surface area contributed by atoms with E-state index < -0.39 is 0 Å².